The standard InChI is InChI=1S/C9H5ClF9N5O2S/c1-2(10)24-26-7(8(14,15)16,9(17,18)19)21-4(25)20-5-23-22-3(27-5)6(11,12)13/h1H3,(H2,20,21,23,25)/b24-2-. The number of urea groups is 1. The van der Waals surface area contributed by atoms with E-state index < -0.39 is 45.6 Å². The Balaban J connectivity index is 3.16. The van der Waals surface area contributed by atoms with Crippen molar-refractivity contribution in [1.29, 1.82) is 0 Å². The SMILES string of the molecule is C/C(Cl)=N/OC(NC(=O)Nc1nnc(C(F)(F)F)s1)(C(F)(F)F)C(F)(F)F. The van der Waals surface area contributed by atoms with Gasteiger partial charge in [0.05, 0.1) is 0 Å². The number of carbonyl (C=O) groups excluding carboxylic acids is 1. The second-order valence-electron chi connectivity index (χ2n) is 4.35. The minimum atomic E-state index is -6.29. The summed E-state index contributed by atoms with van der Waals surface area (Å²) >= 11 is 4.69. The number of aromatic nitrogens is 2. The highest BCUT2D eigenvalue weighted by molar-refractivity contribution is 7.15. The molecule has 0 saturated heterocycles. The number of nitrogens with zero attached hydrogens (tertiary/aromatic N) is 3. The molecule has 1 aromatic heterocycles. The zero-order valence-corrected chi connectivity index (χ0v) is 13.9. The van der Waals surface area contributed by atoms with Gasteiger partial charge < -0.3 is 4.84 Å². The topological polar surface area (TPSA) is 88.5 Å². The van der Waals surface area contributed by atoms with Crippen molar-refractivity contribution in [3.8, 4) is 0 Å². The van der Waals surface area contributed by atoms with E-state index in [1.54, 1.807) is 0 Å². The van der Waals surface area contributed by atoms with E-state index in [4.69, 9.17) is 11.6 Å². The van der Waals surface area contributed by atoms with Gasteiger partial charge in [-0.2, -0.15) is 39.5 Å². The minimum Gasteiger partial charge on any atom is -0.346 e. The zero-order chi connectivity index (χ0) is 21.3. The van der Waals surface area contributed by atoms with E-state index in [1.165, 1.54) is 5.32 Å². The van der Waals surface area contributed by atoms with Crippen molar-refractivity contribution in [2.24, 2.45) is 5.16 Å². The monoisotopic (exact) mass is 453 g/mol. The van der Waals surface area contributed by atoms with E-state index in [2.05, 4.69) is 20.2 Å². The first kappa shape index (κ1) is 23.0. The lowest BCUT2D eigenvalue weighted by atomic mass is 10.2. The Kier molecular flexibility index (Phi) is 6.41. The van der Waals surface area contributed by atoms with E-state index in [-0.39, 0.29) is 11.3 Å². The van der Waals surface area contributed by atoms with Gasteiger partial charge in [0.1, 0.15) is 5.17 Å². The first-order chi connectivity index (χ1) is 12.0. The molecule has 0 aromatic carbocycles. The summed E-state index contributed by atoms with van der Waals surface area (Å²) in [5.41, 5.74) is -5.35. The number of amides is 2. The number of nitrogens with one attached hydrogen (secondary N) is 2. The molecule has 0 fully saturated rings. The van der Waals surface area contributed by atoms with Gasteiger partial charge in [-0.1, -0.05) is 28.1 Å². The van der Waals surface area contributed by atoms with Crippen molar-refractivity contribution >= 4 is 39.3 Å². The van der Waals surface area contributed by atoms with Gasteiger partial charge in [-0.25, -0.2) is 4.79 Å². The number of halogens is 10. The third-order valence-corrected chi connectivity index (χ3v) is 3.24. The van der Waals surface area contributed by atoms with Crippen molar-refractivity contribution < 1.29 is 49.1 Å². The number of hydrogen-bond donors (Lipinski definition) is 2. The quantitative estimate of drug-likeness (QED) is 0.311. The fourth-order valence-electron chi connectivity index (χ4n) is 1.24. The van der Waals surface area contributed by atoms with E-state index >= 15 is 0 Å². The smallest absolute Gasteiger partial charge is 0.346 e. The highest BCUT2D eigenvalue weighted by Crippen LogP contribution is 2.44. The molecule has 1 rings (SSSR count). The third kappa shape index (κ3) is 5.47. The number of anilines is 1. The lowest BCUT2D eigenvalue weighted by molar-refractivity contribution is -0.388. The summed E-state index contributed by atoms with van der Waals surface area (Å²) in [4.78, 5) is 14.9. The zero-order valence-electron chi connectivity index (χ0n) is 12.3. The van der Waals surface area contributed by atoms with Gasteiger partial charge in [-0.15, -0.1) is 10.2 Å². The number of alkyl halides is 9. The fourth-order valence-corrected chi connectivity index (χ4v) is 1.88. The highest BCUT2D eigenvalue weighted by atomic mass is 35.5. The normalized spacial score (nSPS) is 14.1. The fraction of sp³-hybridized carbons (Fsp3) is 0.556. The van der Waals surface area contributed by atoms with E-state index in [1.807, 2.05) is 0 Å². The molecule has 0 aliphatic carbocycles. The number of hydrogen-bond acceptors (Lipinski definition) is 6. The van der Waals surface area contributed by atoms with Crippen LogP contribution in [0.15, 0.2) is 5.16 Å². The molecular formula is C9H5ClF9N5O2S. The van der Waals surface area contributed by atoms with Crippen LogP contribution < -0.4 is 10.6 Å². The number of rotatable bonds is 4. The molecule has 0 atom stereocenters. The first-order valence-electron chi connectivity index (χ1n) is 6.01. The molecule has 0 aliphatic rings. The lowest BCUT2D eigenvalue weighted by Crippen LogP contribution is -2.69. The molecule has 0 bridgehead atoms. The van der Waals surface area contributed by atoms with Crippen LogP contribution in [0.1, 0.15) is 11.9 Å². The Hall–Kier alpha value is -2.04. The van der Waals surface area contributed by atoms with Crippen molar-refractivity contribution in [3.63, 3.8) is 0 Å². The van der Waals surface area contributed by atoms with Crippen LogP contribution in [0.2, 0.25) is 0 Å². The molecule has 1 aromatic rings. The van der Waals surface area contributed by atoms with Gasteiger partial charge in [-0.05, 0) is 6.92 Å². The van der Waals surface area contributed by atoms with Gasteiger partial charge >= 0.3 is 30.3 Å². The molecule has 0 aliphatic heterocycles. The van der Waals surface area contributed by atoms with Gasteiger partial charge in [-0.3, -0.25) is 10.6 Å². The van der Waals surface area contributed by atoms with Gasteiger partial charge in [0, 0.05) is 0 Å². The molecular weight excluding hydrogens is 449 g/mol. The third-order valence-electron chi connectivity index (χ3n) is 2.28. The first-order valence-corrected chi connectivity index (χ1v) is 7.20. The number of carbonyl (C=O) groups is 1. The van der Waals surface area contributed by atoms with E-state index in [0.29, 0.717) is 5.32 Å². The molecule has 0 unspecified atom stereocenters. The average molecular weight is 454 g/mol. The molecule has 27 heavy (non-hydrogen) atoms. The van der Waals surface area contributed by atoms with E-state index in [0.717, 1.165) is 6.92 Å². The van der Waals surface area contributed by atoms with Crippen molar-refractivity contribution in [2.45, 2.75) is 31.2 Å². The van der Waals surface area contributed by atoms with Crippen LogP contribution in [-0.2, 0) is 11.0 Å². The van der Waals surface area contributed by atoms with Crippen LogP contribution in [0, 0.1) is 0 Å². The molecule has 7 nitrogen and oxygen atoms in total. The van der Waals surface area contributed by atoms with Gasteiger partial charge in [0.15, 0.2) is 0 Å². The summed E-state index contributed by atoms with van der Waals surface area (Å²) in [6.07, 6.45) is -17.6. The molecule has 0 spiro atoms. The maximum atomic E-state index is 13.0. The summed E-state index contributed by atoms with van der Waals surface area (Å²) in [6, 6.07) is -2.25. The Morgan fingerprint density at radius 2 is 1.59 bits per heavy atom. The Morgan fingerprint density at radius 3 is 1.96 bits per heavy atom. The molecule has 0 saturated carbocycles. The molecule has 2 N–H and O–H groups in total. The largest absolute Gasteiger partial charge is 0.461 e. The van der Waals surface area contributed by atoms with E-state index in [9.17, 15) is 44.3 Å². The number of oxime groups is 1. The average Bonchev–Trinajstić information content (AvgIpc) is 2.88. The summed E-state index contributed by atoms with van der Waals surface area (Å²) in [7, 11) is 0. The van der Waals surface area contributed by atoms with Gasteiger partial charge in [0.2, 0.25) is 10.1 Å². The van der Waals surface area contributed by atoms with Gasteiger partial charge in [0.25, 0.3) is 0 Å². The second kappa shape index (κ2) is 7.53. The Bertz CT molecular complexity index is 696. The highest BCUT2D eigenvalue weighted by Gasteiger charge is 2.76. The molecule has 154 valence electrons. The summed E-state index contributed by atoms with van der Waals surface area (Å²) in [6.45, 7) is 0.777. The predicted molar refractivity (Wildman–Crippen MR) is 72.0 cm³/mol. The maximum Gasteiger partial charge on any atom is 0.461 e. The van der Waals surface area contributed by atoms with Crippen molar-refractivity contribution in [1.82, 2.24) is 15.5 Å². The summed E-state index contributed by atoms with van der Waals surface area (Å²) in [5.74, 6) is 0. The van der Waals surface area contributed by atoms with Crippen LogP contribution in [0.3, 0.4) is 0 Å². The second-order valence-corrected chi connectivity index (χ2v) is 5.87. The molecule has 0 radical (unpaired) electrons. The molecule has 18 heteroatoms. The van der Waals surface area contributed by atoms with Crippen LogP contribution in [0.25, 0.3) is 0 Å². The maximum absolute atomic E-state index is 13.0. The van der Waals surface area contributed by atoms with Crippen molar-refractivity contribution in [2.75, 3.05) is 5.32 Å². The van der Waals surface area contributed by atoms with Crippen LogP contribution in [-0.4, -0.2) is 39.5 Å². The lowest BCUT2D eigenvalue weighted by Gasteiger charge is -2.34. The minimum absolute atomic E-state index is 0.344. The Labute approximate surface area is 151 Å². The van der Waals surface area contributed by atoms with Crippen LogP contribution in [0.4, 0.5) is 49.4 Å². The summed E-state index contributed by atoms with van der Waals surface area (Å²) < 4.78 is 115. The predicted octanol–water partition coefficient (Wildman–Crippen LogP) is 4.09. The Morgan fingerprint density at radius 1 is 1.07 bits per heavy atom. The van der Waals surface area contributed by atoms with Crippen LogP contribution in [0.5, 0.6) is 0 Å². The summed E-state index contributed by atoms with van der Waals surface area (Å²) in [5, 5.41) is 5.88. The van der Waals surface area contributed by atoms with Crippen molar-refractivity contribution in [3.05, 3.63) is 5.01 Å². The molecule has 2 amide bonds. The van der Waals surface area contributed by atoms with Crippen LogP contribution >= 0.6 is 22.9 Å². The molecule has 1 heterocycles.